The Kier molecular flexibility index (Phi) is 10.2. The second-order valence-corrected chi connectivity index (χ2v) is 10.6. The number of benzene rings is 2. The number of carbonyl (C=O) groups is 2. The number of aromatic nitrogens is 2. The summed E-state index contributed by atoms with van der Waals surface area (Å²) in [6.07, 6.45) is -7.49. The molecule has 0 saturated heterocycles. The van der Waals surface area contributed by atoms with Gasteiger partial charge in [-0.05, 0) is 37.3 Å². The van der Waals surface area contributed by atoms with Crippen LogP contribution in [-0.2, 0) is 35.3 Å². The van der Waals surface area contributed by atoms with E-state index in [9.17, 15) is 36.4 Å². The largest absolute Gasteiger partial charge is 0.569 e. The van der Waals surface area contributed by atoms with Crippen molar-refractivity contribution in [3.05, 3.63) is 71.1 Å². The Bertz CT molecular complexity index is 1580. The molecule has 0 fully saturated rings. The molecule has 2 aromatic carbocycles. The van der Waals surface area contributed by atoms with E-state index >= 15 is 0 Å². The highest BCUT2D eigenvalue weighted by Crippen LogP contribution is 2.33. The van der Waals surface area contributed by atoms with E-state index in [0.717, 1.165) is 40.6 Å². The van der Waals surface area contributed by atoms with Crippen molar-refractivity contribution in [2.45, 2.75) is 37.6 Å². The van der Waals surface area contributed by atoms with Gasteiger partial charge < -0.3 is 14.7 Å². The van der Waals surface area contributed by atoms with Gasteiger partial charge in [0.15, 0.2) is 5.69 Å². The summed E-state index contributed by atoms with van der Waals surface area (Å²) < 4.78 is 77.5. The molecule has 14 nitrogen and oxygen atoms in total. The Morgan fingerprint density at radius 2 is 1.79 bits per heavy atom. The summed E-state index contributed by atoms with van der Waals surface area (Å²) in [5, 5.41) is 19.6. The fourth-order valence-electron chi connectivity index (χ4n) is 3.40. The summed E-state index contributed by atoms with van der Waals surface area (Å²) >= 11 is 0. The molecule has 1 heterocycles. The maximum atomic E-state index is 13.4. The summed E-state index contributed by atoms with van der Waals surface area (Å²) in [5.74, 6) is -0.962. The third-order valence-corrected chi connectivity index (χ3v) is 7.02. The molecule has 0 spiro atoms. The zero-order chi connectivity index (χ0) is 31.9. The number of halogens is 3. The predicted molar refractivity (Wildman–Crippen MR) is 141 cm³/mol. The van der Waals surface area contributed by atoms with Gasteiger partial charge in [0.25, 0.3) is 16.3 Å². The van der Waals surface area contributed by atoms with Gasteiger partial charge in [0, 0.05) is 12.5 Å². The van der Waals surface area contributed by atoms with E-state index in [1.54, 1.807) is 24.3 Å². The van der Waals surface area contributed by atoms with E-state index in [1.807, 2.05) is 11.6 Å². The average Bonchev–Trinajstić information content (AvgIpc) is 3.41. The number of amides is 1. The highest BCUT2D eigenvalue weighted by atomic mass is 32.2. The molecule has 1 N–H and O–H groups in total. The minimum Gasteiger partial charge on any atom is -0.569 e. The van der Waals surface area contributed by atoms with E-state index in [1.165, 1.54) is 26.1 Å². The lowest BCUT2D eigenvalue weighted by Gasteiger charge is -2.14. The van der Waals surface area contributed by atoms with E-state index in [-0.39, 0.29) is 27.8 Å². The molecule has 0 aliphatic rings. The van der Waals surface area contributed by atoms with E-state index < -0.39 is 46.7 Å². The van der Waals surface area contributed by atoms with Crippen LogP contribution in [0.2, 0.25) is 0 Å². The van der Waals surface area contributed by atoms with Crippen molar-refractivity contribution in [2.75, 3.05) is 20.7 Å². The van der Waals surface area contributed by atoms with Crippen LogP contribution in [0.3, 0.4) is 0 Å². The van der Waals surface area contributed by atoms with Crippen molar-refractivity contribution in [1.82, 2.24) is 19.5 Å². The number of rotatable bonds is 11. The second-order valence-electron chi connectivity index (χ2n) is 8.92. The molecule has 232 valence electrons. The van der Waals surface area contributed by atoms with Crippen molar-refractivity contribution >= 4 is 22.1 Å². The molecule has 0 bridgehead atoms. The molecule has 0 aliphatic carbocycles. The minimum absolute atomic E-state index is 0.0536. The summed E-state index contributed by atoms with van der Waals surface area (Å²) in [7, 11) is -2.07. The number of nitrogens with one attached hydrogen (secondary N) is 1. The highest BCUT2D eigenvalue weighted by Gasteiger charge is 2.35. The maximum Gasteiger partial charge on any atom is 0.511 e. The van der Waals surface area contributed by atoms with Crippen LogP contribution in [0.4, 0.5) is 18.0 Å². The predicted octanol–water partition coefficient (Wildman–Crippen LogP) is 3.93. The van der Waals surface area contributed by atoms with Gasteiger partial charge in [-0.1, -0.05) is 29.8 Å². The van der Waals surface area contributed by atoms with Crippen LogP contribution in [0.15, 0.2) is 64.8 Å². The first-order chi connectivity index (χ1) is 20.1. The summed E-state index contributed by atoms with van der Waals surface area (Å²) in [5.41, 5.74) is 0.515. The third-order valence-electron chi connectivity index (χ3n) is 5.64. The number of ether oxygens (including phenoxy) is 2. The normalized spacial score (nSPS) is 12.8. The lowest BCUT2D eigenvalue weighted by atomic mass is 10.1. The summed E-state index contributed by atoms with van der Waals surface area (Å²) in [6.45, 7) is 2.80. The van der Waals surface area contributed by atoms with Gasteiger partial charge in [0.1, 0.15) is 0 Å². The number of nitrogens with zero attached hydrogens (tertiary/aromatic N) is 5. The molecule has 3 aromatic rings. The SMILES string of the molecule is COC(=O)OC(C)ON=[N+]([O-])N(C)CCC(=O)NS(=O)(=O)c1ccc(-n2nc(C(F)(F)F)cc2-c2ccc(C)cc2)cc1. The first-order valence-corrected chi connectivity index (χ1v) is 13.8. The number of aryl methyl sites for hydroxylation is 1. The number of hydrogen-bond donors (Lipinski definition) is 1. The lowest BCUT2D eigenvalue weighted by Crippen LogP contribution is -2.35. The van der Waals surface area contributed by atoms with Gasteiger partial charge in [-0.2, -0.15) is 18.3 Å². The van der Waals surface area contributed by atoms with Gasteiger partial charge in [-0.15, -0.1) is 5.01 Å². The molecule has 1 aromatic heterocycles. The fourth-order valence-corrected chi connectivity index (χ4v) is 4.41. The van der Waals surface area contributed by atoms with Gasteiger partial charge in [0.2, 0.25) is 11.2 Å². The van der Waals surface area contributed by atoms with Gasteiger partial charge >= 0.3 is 12.3 Å². The monoisotopic (exact) mass is 628 g/mol. The van der Waals surface area contributed by atoms with Crippen LogP contribution in [0, 0.1) is 12.1 Å². The molecule has 3 rings (SSSR count). The van der Waals surface area contributed by atoms with Crippen molar-refractivity contribution in [3.8, 4) is 16.9 Å². The number of hydrazine groups is 1. The molecule has 18 heteroatoms. The van der Waals surface area contributed by atoms with Gasteiger partial charge in [-0.3, -0.25) is 9.63 Å². The van der Waals surface area contributed by atoms with E-state index in [0.29, 0.717) is 5.56 Å². The molecule has 1 atom stereocenters. The topological polar surface area (TPSA) is 167 Å². The fraction of sp³-hybridized carbons (Fsp3) is 0.320. The number of carbonyl (C=O) groups excluding carboxylic acids is 2. The number of alkyl halides is 3. The summed E-state index contributed by atoms with van der Waals surface area (Å²) in [4.78, 5) is 27.5. The molecule has 0 radical (unpaired) electrons. The Morgan fingerprint density at radius 1 is 1.16 bits per heavy atom. The smallest absolute Gasteiger partial charge is 0.511 e. The zero-order valence-corrected chi connectivity index (χ0v) is 24.0. The van der Waals surface area contributed by atoms with Crippen molar-refractivity contribution in [3.63, 3.8) is 0 Å². The second kappa shape index (κ2) is 13.4. The molecule has 1 unspecified atom stereocenters. The molecule has 0 aliphatic heterocycles. The van der Waals surface area contributed by atoms with Crippen LogP contribution >= 0.6 is 0 Å². The molecular weight excluding hydrogens is 601 g/mol. The standard InChI is InChI=1S/C25H27F3N6O8S/c1-16-5-7-18(8-6-16)21-15-22(25(26,27)28)29-33(21)19-9-11-20(12-10-19)43(38,39)30-23(35)13-14-32(3)34(37)31-42-17(2)41-24(36)40-4/h5-12,15,17H,13-14H2,1-4H3,(H,30,35). The van der Waals surface area contributed by atoms with E-state index in [2.05, 4.69) is 24.7 Å². The molecule has 0 saturated carbocycles. The Morgan fingerprint density at radius 3 is 2.37 bits per heavy atom. The van der Waals surface area contributed by atoms with Crippen LogP contribution in [0.5, 0.6) is 0 Å². The van der Waals surface area contributed by atoms with Crippen LogP contribution < -0.4 is 4.72 Å². The Hall–Kier alpha value is -4.87. The van der Waals surface area contributed by atoms with E-state index in [4.69, 9.17) is 0 Å². The van der Waals surface area contributed by atoms with Crippen LogP contribution in [-0.4, -0.2) is 67.2 Å². The highest BCUT2D eigenvalue weighted by molar-refractivity contribution is 7.90. The Balaban J connectivity index is 1.68. The van der Waals surface area contributed by atoms with Crippen molar-refractivity contribution in [1.29, 1.82) is 0 Å². The number of sulfonamides is 1. The molecular formula is C25H27F3N6O8S. The zero-order valence-electron chi connectivity index (χ0n) is 23.2. The first kappa shape index (κ1) is 32.6. The summed E-state index contributed by atoms with van der Waals surface area (Å²) in [6, 6.07) is 12.4. The van der Waals surface area contributed by atoms with Gasteiger partial charge in [-0.25, -0.2) is 22.6 Å². The van der Waals surface area contributed by atoms with Crippen molar-refractivity contribution < 1.29 is 50.5 Å². The lowest BCUT2D eigenvalue weighted by molar-refractivity contribution is -0.707. The van der Waals surface area contributed by atoms with Crippen LogP contribution in [0.1, 0.15) is 24.6 Å². The quantitative estimate of drug-likeness (QED) is 0.108. The number of hydrogen-bond acceptors (Lipinski definition) is 10. The maximum absolute atomic E-state index is 13.4. The van der Waals surface area contributed by atoms with Gasteiger partial charge in [0.05, 0.1) is 48.4 Å². The van der Waals surface area contributed by atoms with Crippen LogP contribution in [0.25, 0.3) is 16.9 Å². The Labute approximate surface area is 243 Å². The number of methoxy groups -OCH3 is 1. The third kappa shape index (κ3) is 8.81. The molecule has 43 heavy (non-hydrogen) atoms. The first-order valence-electron chi connectivity index (χ1n) is 12.3. The van der Waals surface area contributed by atoms with Crippen molar-refractivity contribution in [2.24, 2.45) is 5.28 Å². The molecule has 1 amide bonds. The minimum atomic E-state index is -4.71. The average molecular weight is 629 g/mol.